The van der Waals surface area contributed by atoms with Crippen LogP contribution in [0, 0.1) is 13.8 Å². The molecule has 1 aromatic heterocycles. The van der Waals surface area contributed by atoms with Crippen molar-refractivity contribution in [3.05, 3.63) is 40.4 Å². The van der Waals surface area contributed by atoms with Crippen molar-refractivity contribution in [2.24, 2.45) is 5.10 Å². The lowest BCUT2D eigenvalue weighted by Crippen LogP contribution is -2.36. The molecule has 0 radical (unpaired) electrons. The number of nitrogens with zero attached hydrogens (tertiary/aromatic N) is 3. The Kier molecular flexibility index (Phi) is 6.82. The van der Waals surface area contributed by atoms with Gasteiger partial charge in [-0.25, -0.2) is 4.98 Å². The molecule has 1 amide bonds. The SMILES string of the molecule is CC(=O)N(c1nc(/C=N\NC(=S)NC(C)C)cs1)c1c(C)cccc1C. The molecule has 0 spiro atoms. The fourth-order valence-corrected chi connectivity index (χ4v) is 3.55. The highest BCUT2D eigenvalue weighted by Gasteiger charge is 2.21. The normalized spacial score (nSPS) is 11.0. The van der Waals surface area contributed by atoms with E-state index in [4.69, 9.17) is 12.2 Å². The number of rotatable bonds is 5. The molecule has 2 aromatic rings. The van der Waals surface area contributed by atoms with E-state index in [0.717, 1.165) is 16.8 Å². The molecule has 138 valence electrons. The van der Waals surface area contributed by atoms with Crippen molar-refractivity contribution in [1.29, 1.82) is 0 Å². The zero-order valence-corrected chi connectivity index (χ0v) is 17.2. The van der Waals surface area contributed by atoms with Crippen molar-refractivity contribution in [2.75, 3.05) is 4.90 Å². The number of thiocarbonyl (C=S) groups is 1. The molecule has 2 rings (SSSR count). The van der Waals surface area contributed by atoms with E-state index in [1.807, 2.05) is 51.3 Å². The number of carbonyl (C=O) groups is 1. The Morgan fingerprint density at radius 3 is 2.58 bits per heavy atom. The molecular weight excluding hydrogens is 366 g/mol. The van der Waals surface area contributed by atoms with Crippen molar-refractivity contribution in [2.45, 2.75) is 40.7 Å². The summed E-state index contributed by atoms with van der Waals surface area (Å²) >= 11 is 6.51. The number of hydrogen-bond acceptors (Lipinski definition) is 5. The van der Waals surface area contributed by atoms with Crippen molar-refractivity contribution in [1.82, 2.24) is 15.7 Å². The second-order valence-electron chi connectivity index (χ2n) is 6.15. The van der Waals surface area contributed by atoms with Crippen LogP contribution >= 0.6 is 23.6 Å². The van der Waals surface area contributed by atoms with Gasteiger partial charge >= 0.3 is 0 Å². The first-order valence-corrected chi connectivity index (χ1v) is 9.50. The average Bonchev–Trinajstić information content (AvgIpc) is 2.98. The van der Waals surface area contributed by atoms with Crippen LogP contribution in [0.25, 0.3) is 0 Å². The monoisotopic (exact) mass is 389 g/mol. The minimum absolute atomic E-state index is 0.0827. The van der Waals surface area contributed by atoms with Crippen LogP contribution in [-0.4, -0.2) is 28.3 Å². The maximum absolute atomic E-state index is 12.3. The Labute approximate surface area is 163 Å². The average molecular weight is 390 g/mol. The number of aryl methyl sites for hydroxylation is 2. The smallest absolute Gasteiger partial charge is 0.230 e. The minimum atomic E-state index is -0.0827. The number of hydrazone groups is 1. The molecule has 0 bridgehead atoms. The van der Waals surface area contributed by atoms with Crippen LogP contribution in [0.4, 0.5) is 10.8 Å². The summed E-state index contributed by atoms with van der Waals surface area (Å²) in [5, 5.41) is 10.0. The van der Waals surface area contributed by atoms with Gasteiger partial charge in [0.15, 0.2) is 10.2 Å². The fourth-order valence-electron chi connectivity index (χ4n) is 2.44. The molecule has 1 aromatic carbocycles. The third-order valence-corrected chi connectivity index (χ3v) is 4.51. The lowest BCUT2D eigenvalue weighted by atomic mass is 10.1. The summed E-state index contributed by atoms with van der Waals surface area (Å²) in [6.07, 6.45) is 1.58. The lowest BCUT2D eigenvalue weighted by molar-refractivity contribution is -0.115. The molecule has 0 saturated carbocycles. The molecule has 0 unspecified atom stereocenters. The molecule has 0 atom stereocenters. The summed E-state index contributed by atoms with van der Waals surface area (Å²) in [7, 11) is 0. The van der Waals surface area contributed by atoms with Gasteiger partial charge in [-0.15, -0.1) is 11.3 Å². The predicted octanol–water partition coefficient (Wildman–Crippen LogP) is 3.65. The third-order valence-electron chi connectivity index (χ3n) is 3.46. The van der Waals surface area contributed by atoms with Crippen LogP contribution in [0.5, 0.6) is 0 Å². The summed E-state index contributed by atoms with van der Waals surface area (Å²) < 4.78 is 0. The molecule has 0 aliphatic carbocycles. The first-order valence-electron chi connectivity index (χ1n) is 8.21. The summed E-state index contributed by atoms with van der Waals surface area (Å²) in [5.74, 6) is -0.0827. The zero-order chi connectivity index (χ0) is 19.3. The number of aromatic nitrogens is 1. The van der Waals surface area contributed by atoms with Gasteiger partial charge in [-0.05, 0) is 51.0 Å². The number of amides is 1. The Morgan fingerprint density at radius 1 is 1.35 bits per heavy atom. The van der Waals surface area contributed by atoms with Crippen molar-refractivity contribution >= 4 is 51.6 Å². The first kappa shape index (κ1) is 20.0. The van der Waals surface area contributed by atoms with Gasteiger partial charge in [0.05, 0.1) is 17.6 Å². The Morgan fingerprint density at radius 2 is 2.00 bits per heavy atom. The largest absolute Gasteiger partial charge is 0.359 e. The molecule has 0 saturated heterocycles. The van der Waals surface area contributed by atoms with E-state index in [1.165, 1.54) is 11.3 Å². The maximum Gasteiger partial charge on any atom is 0.230 e. The van der Waals surface area contributed by atoms with E-state index in [2.05, 4.69) is 20.8 Å². The van der Waals surface area contributed by atoms with Crippen LogP contribution < -0.4 is 15.6 Å². The van der Waals surface area contributed by atoms with Crippen molar-refractivity contribution in [3.63, 3.8) is 0 Å². The van der Waals surface area contributed by atoms with Gasteiger partial charge in [0.1, 0.15) is 0 Å². The van der Waals surface area contributed by atoms with E-state index >= 15 is 0 Å². The number of nitrogens with one attached hydrogen (secondary N) is 2. The lowest BCUT2D eigenvalue weighted by Gasteiger charge is -2.22. The second kappa shape index (κ2) is 8.86. The highest BCUT2D eigenvalue weighted by Crippen LogP contribution is 2.33. The van der Waals surface area contributed by atoms with Crippen LogP contribution in [0.1, 0.15) is 37.6 Å². The summed E-state index contributed by atoms with van der Waals surface area (Å²) in [5.41, 5.74) is 6.33. The van der Waals surface area contributed by atoms with E-state index < -0.39 is 0 Å². The van der Waals surface area contributed by atoms with Crippen LogP contribution in [0.15, 0.2) is 28.7 Å². The van der Waals surface area contributed by atoms with E-state index in [1.54, 1.807) is 18.0 Å². The van der Waals surface area contributed by atoms with Crippen LogP contribution in [-0.2, 0) is 4.79 Å². The zero-order valence-electron chi connectivity index (χ0n) is 15.5. The molecule has 2 N–H and O–H groups in total. The van der Waals surface area contributed by atoms with Gasteiger partial charge < -0.3 is 5.32 Å². The fraction of sp³-hybridized carbons (Fsp3) is 0.333. The maximum atomic E-state index is 12.3. The number of thiazole rings is 1. The van der Waals surface area contributed by atoms with E-state index in [0.29, 0.717) is 15.9 Å². The van der Waals surface area contributed by atoms with Gasteiger partial charge in [-0.1, -0.05) is 18.2 Å². The van der Waals surface area contributed by atoms with Gasteiger partial charge in [0.25, 0.3) is 0 Å². The van der Waals surface area contributed by atoms with Crippen molar-refractivity contribution in [3.8, 4) is 0 Å². The van der Waals surface area contributed by atoms with Crippen LogP contribution in [0.2, 0.25) is 0 Å². The summed E-state index contributed by atoms with van der Waals surface area (Å²) in [6, 6.07) is 6.19. The topological polar surface area (TPSA) is 69.6 Å². The molecule has 1 heterocycles. The highest BCUT2D eigenvalue weighted by molar-refractivity contribution is 7.80. The standard InChI is InChI=1S/C18H23N5OS2/c1-11(2)20-17(25)22-19-9-15-10-26-18(21-15)23(14(5)24)16-12(3)7-6-8-13(16)4/h6-11H,1-5H3,(H2,20,22,25)/b19-9-. The van der Waals surface area contributed by atoms with E-state index in [9.17, 15) is 4.79 Å². The number of para-hydroxylation sites is 1. The molecule has 0 aliphatic heterocycles. The van der Waals surface area contributed by atoms with Gasteiger partial charge in [0.2, 0.25) is 5.91 Å². The molecule has 0 aliphatic rings. The third kappa shape index (κ3) is 5.09. The number of anilines is 2. The number of benzene rings is 1. The number of carbonyl (C=O) groups excluding carboxylic acids is 1. The molecular formula is C18H23N5OS2. The Bertz CT molecular complexity index is 808. The molecule has 8 heteroatoms. The second-order valence-corrected chi connectivity index (χ2v) is 7.39. The Hall–Kier alpha value is -2.32. The molecule has 6 nitrogen and oxygen atoms in total. The Balaban J connectivity index is 2.20. The van der Waals surface area contributed by atoms with Gasteiger partial charge in [0, 0.05) is 18.3 Å². The van der Waals surface area contributed by atoms with Crippen LogP contribution in [0.3, 0.4) is 0 Å². The number of hydrogen-bond donors (Lipinski definition) is 2. The summed E-state index contributed by atoms with van der Waals surface area (Å²) in [4.78, 5) is 18.4. The predicted molar refractivity (Wildman–Crippen MR) is 112 cm³/mol. The van der Waals surface area contributed by atoms with Gasteiger partial charge in [-0.2, -0.15) is 5.10 Å². The molecule has 26 heavy (non-hydrogen) atoms. The van der Waals surface area contributed by atoms with Crippen molar-refractivity contribution < 1.29 is 4.79 Å². The summed E-state index contributed by atoms with van der Waals surface area (Å²) in [6.45, 7) is 9.50. The minimum Gasteiger partial charge on any atom is -0.359 e. The molecule has 0 fully saturated rings. The quantitative estimate of drug-likeness (QED) is 0.464. The highest BCUT2D eigenvalue weighted by atomic mass is 32.1. The van der Waals surface area contributed by atoms with E-state index in [-0.39, 0.29) is 11.9 Å². The van der Waals surface area contributed by atoms with Gasteiger partial charge in [-0.3, -0.25) is 15.1 Å². The first-order chi connectivity index (χ1) is 12.3.